The lowest BCUT2D eigenvalue weighted by Gasteiger charge is -2.31. The third-order valence-corrected chi connectivity index (χ3v) is 8.88. The van der Waals surface area contributed by atoms with Gasteiger partial charge in [0.15, 0.2) is 18.8 Å². The lowest BCUT2D eigenvalue weighted by molar-refractivity contribution is -0.155. The van der Waals surface area contributed by atoms with Crippen molar-refractivity contribution < 1.29 is 32.0 Å². The number of hydrogen-bond donors (Lipinski definition) is 2. The van der Waals surface area contributed by atoms with Gasteiger partial charge >= 0.3 is 12.1 Å². The van der Waals surface area contributed by atoms with E-state index < -0.39 is 43.3 Å². The van der Waals surface area contributed by atoms with Gasteiger partial charge in [-0.1, -0.05) is 36.8 Å². The number of imidazole rings is 1. The summed E-state index contributed by atoms with van der Waals surface area (Å²) in [6.45, 7) is 9.02. The van der Waals surface area contributed by atoms with Gasteiger partial charge in [-0.05, 0) is 46.1 Å². The van der Waals surface area contributed by atoms with E-state index in [0.29, 0.717) is 17.6 Å². The highest BCUT2D eigenvalue weighted by Crippen LogP contribution is 2.50. The molecule has 0 spiro atoms. The molecule has 3 atom stereocenters. The monoisotopic (exact) mass is 598 g/mol. The minimum Gasteiger partial charge on any atom is -0.465 e. The van der Waals surface area contributed by atoms with Gasteiger partial charge in [0.2, 0.25) is 0 Å². The first-order valence-electron chi connectivity index (χ1n) is 13.3. The minimum absolute atomic E-state index is 0.0262. The van der Waals surface area contributed by atoms with E-state index in [1.807, 2.05) is 6.92 Å². The summed E-state index contributed by atoms with van der Waals surface area (Å²) >= 11 is 0. The Morgan fingerprint density at radius 1 is 1.17 bits per heavy atom. The molecule has 3 N–H and O–H groups in total. The molecule has 14 heteroatoms. The predicted molar refractivity (Wildman–Crippen MR) is 150 cm³/mol. The molecule has 0 bridgehead atoms. The molecule has 0 saturated heterocycles. The quantitative estimate of drug-likeness (QED) is 0.179. The summed E-state index contributed by atoms with van der Waals surface area (Å²) in [6, 6.07) is 3.66. The Hall–Kier alpha value is -3.02. The number of aryl methyl sites for hydroxylation is 1. The normalized spacial score (nSPS) is 15.4. The van der Waals surface area contributed by atoms with Crippen LogP contribution in [0.25, 0.3) is 11.2 Å². The van der Waals surface area contributed by atoms with Gasteiger partial charge in [0.25, 0.3) is 0 Å². The Labute approximate surface area is 237 Å². The Kier molecular flexibility index (Phi) is 10.5. The average Bonchev–Trinajstić information content (AvgIpc) is 3.32. The molecule has 41 heavy (non-hydrogen) atoms. The summed E-state index contributed by atoms with van der Waals surface area (Å²) in [4.78, 5) is 24.9. The van der Waals surface area contributed by atoms with Crippen molar-refractivity contribution in [3.05, 3.63) is 48.0 Å². The SMILES string of the molecule is CCCOC(=O)C(C)(C)CCP(=O)(CO[C@H](C)Cn1cnc2c(N)ncnc21)N[C@H](c1ccc(C)cc1)C(F)(F)F. The number of hydrogen-bond acceptors (Lipinski definition) is 8. The summed E-state index contributed by atoms with van der Waals surface area (Å²) in [6.07, 6.45) is -2.56. The molecular formula is C27H38F3N6O4P. The molecule has 0 amide bonds. The first-order chi connectivity index (χ1) is 19.1. The molecule has 1 aromatic carbocycles. The van der Waals surface area contributed by atoms with E-state index in [-0.39, 0.29) is 37.1 Å². The second kappa shape index (κ2) is 13.3. The summed E-state index contributed by atoms with van der Waals surface area (Å²) < 4.78 is 69.9. The first-order valence-corrected chi connectivity index (χ1v) is 15.4. The van der Waals surface area contributed by atoms with E-state index in [1.165, 1.54) is 24.8 Å². The summed E-state index contributed by atoms with van der Waals surface area (Å²) in [5.74, 6) is -0.287. The largest absolute Gasteiger partial charge is 0.465 e. The topological polar surface area (TPSA) is 134 Å². The molecule has 2 aromatic heterocycles. The van der Waals surface area contributed by atoms with Crippen LogP contribution in [-0.4, -0.2) is 56.9 Å². The Morgan fingerprint density at radius 2 is 1.85 bits per heavy atom. The second-order valence-electron chi connectivity index (χ2n) is 10.8. The average molecular weight is 599 g/mol. The number of nitrogens with one attached hydrogen (secondary N) is 1. The van der Waals surface area contributed by atoms with Crippen LogP contribution in [0.15, 0.2) is 36.9 Å². The molecule has 0 radical (unpaired) electrons. The number of carbonyl (C=O) groups excluding carboxylic acids is 1. The van der Waals surface area contributed by atoms with E-state index in [4.69, 9.17) is 15.2 Å². The molecule has 0 aliphatic rings. The van der Waals surface area contributed by atoms with Crippen molar-refractivity contribution in [1.82, 2.24) is 24.6 Å². The number of halogens is 3. The number of ether oxygens (including phenoxy) is 2. The van der Waals surface area contributed by atoms with Gasteiger partial charge in [0.1, 0.15) is 24.2 Å². The van der Waals surface area contributed by atoms with Gasteiger partial charge < -0.3 is 24.3 Å². The van der Waals surface area contributed by atoms with E-state index in [2.05, 4.69) is 20.0 Å². The summed E-state index contributed by atoms with van der Waals surface area (Å²) in [5, 5.41) is 2.41. The van der Waals surface area contributed by atoms with E-state index in [1.54, 1.807) is 44.4 Å². The van der Waals surface area contributed by atoms with Gasteiger partial charge in [0, 0.05) is 6.16 Å². The minimum atomic E-state index is -4.73. The van der Waals surface area contributed by atoms with Gasteiger partial charge in [-0.2, -0.15) is 13.2 Å². The number of esters is 1. The van der Waals surface area contributed by atoms with Crippen LogP contribution in [-0.2, 0) is 25.4 Å². The van der Waals surface area contributed by atoms with Crippen molar-refractivity contribution in [3.63, 3.8) is 0 Å². The molecule has 0 saturated carbocycles. The Morgan fingerprint density at radius 3 is 2.49 bits per heavy atom. The third-order valence-electron chi connectivity index (χ3n) is 6.64. The highest BCUT2D eigenvalue weighted by molar-refractivity contribution is 7.61. The van der Waals surface area contributed by atoms with Crippen molar-refractivity contribution in [2.75, 3.05) is 24.9 Å². The molecule has 0 aliphatic carbocycles. The fourth-order valence-electron chi connectivity index (χ4n) is 4.06. The Balaban J connectivity index is 1.82. The van der Waals surface area contributed by atoms with Crippen LogP contribution in [0, 0.1) is 12.3 Å². The van der Waals surface area contributed by atoms with E-state index >= 15 is 0 Å². The molecule has 1 unspecified atom stereocenters. The van der Waals surface area contributed by atoms with Crippen LogP contribution < -0.4 is 10.8 Å². The highest BCUT2D eigenvalue weighted by atomic mass is 31.2. The standard InChI is InChI=1S/C27H38F3N6O4P/c1-6-12-39-25(37)26(4,5)11-13-41(38,35-22(27(28,29)30)20-9-7-18(2)8-10-20)17-40-19(3)14-36-16-34-21-23(31)32-15-33-24(21)36/h7-10,15-16,19,22H,6,11-14,17H2,1-5H3,(H,35,38)(H2,31,32,33)/t19-,22-,41?/m1/s1. The maximum absolute atomic E-state index is 14.3. The van der Waals surface area contributed by atoms with Gasteiger partial charge in [-0.3, -0.25) is 4.79 Å². The molecular weight excluding hydrogens is 560 g/mol. The summed E-state index contributed by atoms with van der Waals surface area (Å²) in [7, 11) is -3.88. The maximum Gasteiger partial charge on any atom is 0.408 e. The number of nitrogens with zero attached hydrogens (tertiary/aromatic N) is 4. The molecule has 10 nitrogen and oxygen atoms in total. The second-order valence-corrected chi connectivity index (χ2v) is 13.6. The van der Waals surface area contributed by atoms with E-state index in [0.717, 1.165) is 5.56 Å². The zero-order valence-electron chi connectivity index (χ0n) is 23.9. The molecule has 3 aromatic rings. The van der Waals surface area contributed by atoms with Crippen LogP contribution in [0.5, 0.6) is 0 Å². The molecule has 226 valence electrons. The number of fused-ring (bicyclic) bond motifs is 1. The fourth-order valence-corrected chi connectivity index (χ4v) is 6.57. The number of anilines is 1. The van der Waals surface area contributed by atoms with Crippen LogP contribution in [0.1, 0.15) is 57.7 Å². The number of benzene rings is 1. The van der Waals surface area contributed by atoms with Crippen molar-refractivity contribution in [1.29, 1.82) is 0 Å². The zero-order chi connectivity index (χ0) is 30.4. The van der Waals surface area contributed by atoms with Crippen molar-refractivity contribution >= 4 is 30.2 Å². The van der Waals surface area contributed by atoms with Crippen molar-refractivity contribution in [2.24, 2.45) is 5.41 Å². The zero-order valence-corrected chi connectivity index (χ0v) is 24.8. The highest BCUT2D eigenvalue weighted by Gasteiger charge is 2.45. The van der Waals surface area contributed by atoms with Crippen LogP contribution in [0.4, 0.5) is 19.0 Å². The van der Waals surface area contributed by atoms with E-state index in [9.17, 15) is 22.5 Å². The van der Waals surface area contributed by atoms with Crippen molar-refractivity contribution in [3.8, 4) is 0 Å². The molecule has 3 rings (SSSR count). The van der Waals surface area contributed by atoms with Gasteiger partial charge in [0.05, 0.1) is 31.0 Å². The number of carbonyl (C=O) groups is 1. The lowest BCUT2D eigenvalue weighted by Crippen LogP contribution is -2.35. The lowest BCUT2D eigenvalue weighted by atomic mass is 9.90. The fraction of sp³-hybridized carbons (Fsp3) is 0.556. The first kappa shape index (κ1) is 32.5. The smallest absolute Gasteiger partial charge is 0.408 e. The third kappa shape index (κ3) is 8.73. The van der Waals surface area contributed by atoms with Crippen LogP contribution >= 0.6 is 7.29 Å². The molecule has 0 fully saturated rings. The number of nitrogens with two attached hydrogens (primary N) is 1. The predicted octanol–water partition coefficient (Wildman–Crippen LogP) is 5.62. The Bertz CT molecular complexity index is 1360. The van der Waals surface area contributed by atoms with Crippen LogP contribution in [0.3, 0.4) is 0 Å². The van der Waals surface area contributed by atoms with Crippen LogP contribution in [0.2, 0.25) is 0 Å². The van der Waals surface area contributed by atoms with Gasteiger partial charge in [-0.15, -0.1) is 0 Å². The summed E-state index contributed by atoms with van der Waals surface area (Å²) in [5.41, 5.74) is 6.38. The van der Waals surface area contributed by atoms with Crippen molar-refractivity contribution in [2.45, 2.75) is 72.3 Å². The number of rotatable bonds is 14. The number of nitrogen functional groups attached to an aromatic ring is 1. The van der Waals surface area contributed by atoms with Gasteiger partial charge in [-0.25, -0.2) is 20.0 Å². The number of alkyl halides is 3. The number of aromatic nitrogens is 4. The maximum atomic E-state index is 14.3. The molecule has 0 aliphatic heterocycles. The molecule has 2 heterocycles.